The summed E-state index contributed by atoms with van der Waals surface area (Å²) < 4.78 is 5.69. The molecule has 23 heavy (non-hydrogen) atoms. The van der Waals surface area contributed by atoms with E-state index in [1.165, 1.54) is 6.42 Å². The van der Waals surface area contributed by atoms with Crippen LogP contribution in [0.25, 0.3) is 0 Å². The molecule has 3 rings (SSSR count). The Kier molecular flexibility index (Phi) is 4.81. The third-order valence-electron chi connectivity index (χ3n) is 4.14. The van der Waals surface area contributed by atoms with Crippen LogP contribution >= 0.6 is 0 Å². The molecule has 1 saturated heterocycles. The maximum absolute atomic E-state index is 5.69. The lowest BCUT2D eigenvalue weighted by Gasteiger charge is -2.32. The molecule has 1 fully saturated rings. The van der Waals surface area contributed by atoms with E-state index in [1.54, 1.807) is 6.33 Å². The first-order chi connectivity index (χ1) is 11.1. The van der Waals surface area contributed by atoms with E-state index in [4.69, 9.17) is 4.42 Å². The van der Waals surface area contributed by atoms with Crippen molar-refractivity contribution in [2.75, 3.05) is 37.4 Å². The van der Waals surface area contributed by atoms with E-state index in [9.17, 15) is 0 Å². The number of furan rings is 1. The zero-order valence-electron chi connectivity index (χ0n) is 14.1. The number of anilines is 2. The minimum absolute atomic E-state index is 0.407. The summed E-state index contributed by atoms with van der Waals surface area (Å²) in [6.07, 6.45) is 3.96. The number of aryl methyl sites for hydroxylation is 1. The average Bonchev–Trinajstić information content (AvgIpc) is 2.93. The van der Waals surface area contributed by atoms with Crippen LogP contribution in [-0.2, 0) is 6.54 Å². The highest BCUT2D eigenvalue weighted by atomic mass is 16.3. The van der Waals surface area contributed by atoms with Crippen molar-refractivity contribution in [1.82, 2.24) is 14.9 Å². The van der Waals surface area contributed by atoms with E-state index in [2.05, 4.69) is 26.3 Å². The van der Waals surface area contributed by atoms with Gasteiger partial charge < -0.3 is 14.6 Å². The molecule has 1 atom stereocenters. The molecule has 124 valence electrons. The summed E-state index contributed by atoms with van der Waals surface area (Å²) >= 11 is 0. The molecule has 1 unspecified atom stereocenters. The van der Waals surface area contributed by atoms with E-state index < -0.39 is 0 Å². The fraction of sp³-hybridized carbons (Fsp3) is 0.529. The lowest BCUT2D eigenvalue weighted by Crippen LogP contribution is -2.41. The quantitative estimate of drug-likeness (QED) is 0.915. The molecule has 3 heterocycles. The summed E-state index contributed by atoms with van der Waals surface area (Å²) in [4.78, 5) is 13.0. The minimum Gasteiger partial charge on any atom is -0.465 e. The number of hydrogen-bond donors (Lipinski definition) is 1. The van der Waals surface area contributed by atoms with E-state index in [0.29, 0.717) is 6.04 Å². The zero-order valence-corrected chi connectivity index (χ0v) is 14.1. The Morgan fingerprint density at radius 1 is 1.35 bits per heavy atom. The first-order valence-corrected chi connectivity index (χ1v) is 8.14. The number of hydrogen-bond acceptors (Lipinski definition) is 6. The monoisotopic (exact) mass is 315 g/mol. The van der Waals surface area contributed by atoms with E-state index in [0.717, 1.165) is 49.2 Å². The molecule has 0 bridgehead atoms. The summed E-state index contributed by atoms with van der Waals surface area (Å²) in [5.41, 5.74) is 0. The van der Waals surface area contributed by atoms with Gasteiger partial charge in [-0.2, -0.15) is 0 Å². The van der Waals surface area contributed by atoms with Crippen LogP contribution in [0, 0.1) is 6.92 Å². The lowest BCUT2D eigenvalue weighted by atomic mass is 10.1. The molecule has 6 heteroatoms. The number of likely N-dealkylation sites (tertiary alicyclic amines) is 1. The molecule has 0 aromatic carbocycles. The van der Waals surface area contributed by atoms with Crippen LogP contribution in [0.3, 0.4) is 0 Å². The van der Waals surface area contributed by atoms with Crippen LogP contribution in [0.4, 0.5) is 11.6 Å². The number of nitrogens with one attached hydrogen (secondary N) is 1. The molecule has 0 saturated carbocycles. The van der Waals surface area contributed by atoms with Crippen molar-refractivity contribution in [1.29, 1.82) is 0 Å². The van der Waals surface area contributed by atoms with Gasteiger partial charge >= 0.3 is 0 Å². The van der Waals surface area contributed by atoms with Crippen molar-refractivity contribution < 1.29 is 4.42 Å². The largest absolute Gasteiger partial charge is 0.465 e. The molecule has 2 aromatic heterocycles. The molecular weight excluding hydrogens is 290 g/mol. The number of rotatable bonds is 5. The van der Waals surface area contributed by atoms with Gasteiger partial charge in [0.15, 0.2) is 0 Å². The van der Waals surface area contributed by atoms with Crippen molar-refractivity contribution in [2.24, 2.45) is 0 Å². The van der Waals surface area contributed by atoms with Crippen LogP contribution < -0.4 is 10.2 Å². The lowest BCUT2D eigenvalue weighted by molar-refractivity contribution is 0.193. The maximum atomic E-state index is 5.69. The fourth-order valence-corrected chi connectivity index (χ4v) is 2.99. The Balaban J connectivity index is 1.59. The summed E-state index contributed by atoms with van der Waals surface area (Å²) in [5.74, 6) is 3.83. The van der Waals surface area contributed by atoms with Crippen LogP contribution in [0.5, 0.6) is 0 Å². The fourth-order valence-electron chi connectivity index (χ4n) is 2.99. The molecule has 0 spiro atoms. The van der Waals surface area contributed by atoms with E-state index >= 15 is 0 Å². The van der Waals surface area contributed by atoms with Crippen LogP contribution in [-0.4, -0.2) is 48.1 Å². The number of aromatic nitrogens is 2. The van der Waals surface area contributed by atoms with Gasteiger partial charge in [-0.3, -0.25) is 4.90 Å². The van der Waals surface area contributed by atoms with E-state index in [-0.39, 0.29) is 0 Å². The first kappa shape index (κ1) is 15.8. The van der Waals surface area contributed by atoms with E-state index in [1.807, 2.05) is 38.1 Å². The Morgan fingerprint density at radius 2 is 2.22 bits per heavy atom. The van der Waals surface area contributed by atoms with Crippen molar-refractivity contribution in [3.63, 3.8) is 0 Å². The standard InChI is InChI=1S/C17H25N5O/c1-13-6-7-15(23-13)11-22-8-4-5-14(10-22)20-16-9-17(21(2)3)19-12-18-16/h6-7,9,12,14H,4-5,8,10-11H2,1-3H3,(H,18,19,20). The summed E-state index contributed by atoms with van der Waals surface area (Å²) in [6.45, 7) is 4.98. The second kappa shape index (κ2) is 7.00. The van der Waals surface area contributed by atoms with Gasteiger partial charge in [0.2, 0.25) is 0 Å². The van der Waals surface area contributed by atoms with Crippen LogP contribution in [0.2, 0.25) is 0 Å². The zero-order chi connectivity index (χ0) is 16.2. The van der Waals surface area contributed by atoms with Crippen molar-refractivity contribution >= 4 is 11.6 Å². The topological polar surface area (TPSA) is 57.4 Å². The maximum Gasteiger partial charge on any atom is 0.133 e. The predicted octanol–water partition coefficient (Wildman–Crippen LogP) is 2.52. The van der Waals surface area contributed by atoms with Crippen molar-refractivity contribution in [3.05, 3.63) is 36.0 Å². The van der Waals surface area contributed by atoms with Gasteiger partial charge in [0.1, 0.15) is 29.5 Å². The minimum atomic E-state index is 0.407. The molecule has 0 amide bonds. The summed E-state index contributed by atoms with van der Waals surface area (Å²) in [7, 11) is 3.97. The van der Waals surface area contributed by atoms with Crippen LogP contribution in [0.15, 0.2) is 28.9 Å². The smallest absolute Gasteiger partial charge is 0.133 e. The second-order valence-corrected chi connectivity index (χ2v) is 6.39. The molecule has 0 aliphatic carbocycles. The Hall–Kier alpha value is -2.08. The van der Waals surface area contributed by atoms with Gasteiger partial charge in [0.25, 0.3) is 0 Å². The third-order valence-corrected chi connectivity index (χ3v) is 4.14. The summed E-state index contributed by atoms with van der Waals surface area (Å²) in [6, 6.07) is 6.50. The van der Waals surface area contributed by atoms with Crippen LogP contribution in [0.1, 0.15) is 24.4 Å². The molecule has 1 aliphatic rings. The number of piperidine rings is 1. The highest BCUT2D eigenvalue weighted by Crippen LogP contribution is 2.19. The Morgan fingerprint density at radius 3 is 2.96 bits per heavy atom. The first-order valence-electron chi connectivity index (χ1n) is 8.14. The van der Waals surface area contributed by atoms with Gasteiger partial charge in [-0.15, -0.1) is 0 Å². The molecule has 0 radical (unpaired) electrons. The second-order valence-electron chi connectivity index (χ2n) is 6.39. The molecular formula is C17H25N5O. The molecule has 1 N–H and O–H groups in total. The van der Waals surface area contributed by atoms with Crippen molar-refractivity contribution in [3.8, 4) is 0 Å². The molecule has 6 nitrogen and oxygen atoms in total. The van der Waals surface area contributed by atoms with Crippen molar-refractivity contribution in [2.45, 2.75) is 32.4 Å². The highest BCUT2D eigenvalue weighted by molar-refractivity contribution is 5.47. The average molecular weight is 315 g/mol. The summed E-state index contributed by atoms with van der Waals surface area (Å²) in [5, 5.41) is 3.55. The Bertz CT molecular complexity index is 639. The third kappa shape index (κ3) is 4.22. The van der Waals surface area contributed by atoms with Gasteiger partial charge in [-0.05, 0) is 38.4 Å². The molecule has 1 aliphatic heterocycles. The SMILES string of the molecule is Cc1ccc(CN2CCCC(Nc3cc(N(C)C)ncn3)C2)o1. The highest BCUT2D eigenvalue weighted by Gasteiger charge is 2.21. The molecule has 2 aromatic rings. The van der Waals surface area contributed by atoms with Gasteiger partial charge in [-0.1, -0.05) is 0 Å². The van der Waals surface area contributed by atoms with Gasteiger partial charge in [0.05, 0.1) is 6.54 Å². The van der Waals surface area contributed by atoms with Gasteiger partial charge in [-0.25, -0.2) is 9.97 Å². The Labute approximate surface area is 137 Å². The number of nitrogens with zero attached hydrogens (tertiary/aromatic N) is 4. The predicted molar refractivity (Wildman–Crippen MR) is 91.7 cm³/mol. The van der Waals surface area contributed by atoms with Gasteiger partial charge in [0, 0.05) is 32.7 Å². The normalized spacial score (nSPS) is 18.8.